The maximum atomic E-state index is 6.07. The van der Waals surface area contributed by atoms with Gasteiger partial charge in [-0.15, -0.1) is 0 Å². The van der Waals surface area contributed by atoms with Gasteiger partial charge in [-0.05, 0) is 68.5 Å². The Bertz CT molecular complexity index is 524. The highest BCUT2D eigenvalue weighted by Crippen LogP contribution is 2.18. The van der Waals surface area contributed by atoms with Gasteiger partial charge in [0.05, 0.1) is 0 Å². The average molecular weight is 302 g/mol. The van der Waals surface area contributed by atoms with Crippen molar-refractivity contribution >= 4 is 11.6 Å². The largest absolute Gasteiger partial charge is 0.319 e. The van der Waals surface area contributed by atoms with Crippen LogP contribution >= 0.6 is 11.6 Å². The molecule has 0 heterocycles. The van der Waals surface area contributed by atoms with E-state index in [-0.39, 0.29) is 0 Å². The topological polar surface area (TPSA) is 12.0 Å². The average Bonchev–Trinajstić information content (AvgIpc) is 2.48. The summed E-state index contributed by atoms with van der Waals surface area (Å²) in [5.74, 6) is 0.664. The minimum Gasteiger partial charge on any atom is -0.319 e. The second-order valence-corrected chi connectivity index (χ2v) is 6.07. The summed E-state index contributed by atoms with van der Waals surface area (Å²) in [7, 11) is 2.03. The molecule has 0 aliphatic heterocycles. The van der Waals surface area contributed by atoms with E-state index < -0.39 is 0 Å². The second-order valence-electron chi connectivity index (χ2n) is 5.64. The molecule has 1 atom stereocenters. The summed E-state index contributed by atoms with van der Waals surface area (Å²) >= 11 is 6.07. The lowest BCUT2D eigenvalue weighted by atomic mass is 9.93. The third-order valence-electron chi connectivity index (χ3n) is 3.83. The molecule has 2 aromatic carbocycles. The van der Waals surface area contributed by atoms with Crippen LogP contribution in [0.5, 0.6) is 0 Å². The molecule has 0 fully saturated rings. The summed E-state index contributed by atoms with van der Waals surface area (Å²) in [6.07, 6.45) is 4.73. The maximum absolute atomic E-state index is 6.07. The predicted octanol–water partition coefficient (Wildman–Crippen LogP) is 4.74. The first-order chi connectivity index (χ1) is 10.3. The fourth-order valence-electron chi connectivity index (χ4n) is 2.80. The first-order valence-corrected chi connectivity index (χ1v) is 8.08. The van der Waals surface area contributed by atoms with Crippen molar-refractivity contribution in [1.29, 1.82) is 0 Å². The fourth-order valence-corrected chi connectivity index (χ4v) is 3.01. The fraction of sp³-hybridized carbons (Fsp3) is 0.368. The van der Waals surface area contributed by atoms with Crippen molar-refractivity contribution in [3.63, 3.8) is 0 Å². The molecule has 0 saturated carbocycles. The molecule has 2 heteroatoms. The summed E-state index contributed by atoms with van der Waals surface area (Å²) in [6.45, 7) is 1.06. The van der Waals surface area contributed by atoms with Crippen LogP contribution in [0.2, 0.25) is 5.02 Å². The number of rotatable bonds is 8. The molecule has 1 unspecified atom stereocenters. The van der Waals surface area contributed by atoms with Gasteiger partial charge in [0.2, 0.25) is 0 Å². The first kappa shape index (κ1) is 16.1. The van der Waals surface area contributed by atoms with Gasteiger partial charge in [-0.25, -0.2) is 0 Å². The minimum absolute atomic E-state index is 0.664. The Morgan fingerprint density at radius 1 is 1.00 bits per heavy atom. The van der Waals surface area contributed by atoms with Crippen LogP contribution in [-0.4, -0.2) is 13.6 Å². The Labute approximate surface area is 133 Å². The van der Waals surface area contributed by atoms with Gasteiger partial charge in [0.1, 0.15) is 0 Å². The molecule has 0 spiro atoms. The van der Waals surface area contributed by atoms with Crippen molar-refractivity contribution in [2.24, 2.45) is 5.92 Å². The Morgan fingerprint density at radius 3 is 2.48 bits per heavy atom. The number of benzene rings is 2. The van der Waals surface area contributed by atoms with Crippen LogP contribution in [0.4, 0.5) is 0 Å². The number of aryl methyl sites for hydroxylation is 1. The summed E-state index contributed by atoms with van der Waals surface area (Å²) in [5, 5.41) is 4.15. The SMILES string of the molecule is CNCC(CCCc1ccccc1)Cc1cccc(Cl)c1. The molecule has 0 aliphatic carbocycles. The molecule has 0 radical (unpaired) electrons. The lowest BCUT2D eigenvalue weighted by molar-refractivity contribution is 0.447. The van der Waals surface area contributed by atoms with Gasteiger partial charge >= 0.3 is 0 Å². The quantitative estimate of drug-likeness (QED) is 0.742. The van der Waals surface area contributed by atoms with E-state index in [0.717, 1.165) is 24.4 Å². The van der Waals surface area contributed by atoms with E-state index >= 15 is 0 Å². The normalized spacial score (nSPS) is 12.3. The number of hydrogen-bond donors (Lipinski definition) is 1. The molecule has 0 saturated heterocycles. The lowest BCUT2D eigenvalue weighted by Crippen LogP contribution is -2.21. The molecular formula is C19H24ClN. The van der Waals surface area contributed by atoms with Crippen molar-refractivity contribution in [3.8, 4) is 0 Å². The van der Waals surface area contributed by atoms with Crippen molar-refractivity contribution in [2.75, 3.05) is 13.6 Å². The number of nitrogens with one attached hydrogen (secondary N) is 1. The van der Waals surface area contributed by atoms with Crippen molar-refractivity contribution < 1.29 is 0 Å². The summed E-state index contributed by atoms with van der Waals surface area (Å²) in [6, 6.07) is 19.0. The van der Waals surface area contributed by atoms with E-state index in [1.54, 1.807) is 0 Å². The van der Waals surface area contributed by atoms with E-state index in [2.05, 4.69) is 47.8 Å². The Kier molecular flexibility index (Phi) is 6.78. The van der Waals surface area contributed by atoms with Crippen LogP contribution in [0.3, 0.4) is 0 Å². The highest BCUT2D eigenvalue weighted by Gasteiger charge is 2.09. The summed E-state index contributed by atoms with van der Waals surface area (Å²) in [4.78, 5) is 0. The number of hydrogen-bond acceptors (Lipinski definition) is 1. The Balaban J connectivity index is 1.84. The minimum atomic E-state index is 0.664. The molecule has 0 amide bonds. The van der Waals surface area contributed by atoms with Crippen molar-refractivity contribution in [3.05, 3.63) is 70.7 Å². The molecular weight excluding hydrogens is 278 g/mol. The summed E-state index contributed by atoms with van der Waals surface area (Å²) < 4.78 is 0. The van der Waals surface area contributed by atoms with Crippen LogP contribution in [0.25, 0.3) is 0 Å². The summed E-state index contributed by atoms with van der Waals surface area (Å²) in [5.41, 5.74) is 2.77. The van der Waals surface area contributed by atoms with E-state index in [0.29, 0.717) is 5.92 Å². The molecule has 0 bridgehead atoms. The lowest BCUT2D eigenvalue weighted by Gasteiger charge is -2.17. The van der Waals surface area contributed by atoms with Gasteiger partial charge in [-0.1, -0.05) is 54.1 Å². The second kappa shape index (κ2) is 8.86. The van der Waals surface area contributed by atoms with Gasteiger partial charge < -0.3 is 5.32 Å². The molecule has 2 rings (SSSR count). The smallest absolute Gasteiger partial charge is 0.0408 e. The van der Waals surface area contributed by atoms with E-state index in [4.69, 9.17) is 11.6 Å². The molecule has 21 heavy (non-hydrogen) atoms. The van der Waals surface area contributed by atoms with E-state index in [1.807, 2.05) is 19.2 Å². The first-order valence-electron chi connectivity index (χ1n) is 7.71. The van der Waals surface area contributed by atoms with Gasteiger partial charge in [0.15, 0.2) is 0 Å². The van der Waals surface area contributed by atoms with Crippen LogP contribution in [0.1, 0.15) is 24.0 Å². The van der Waals surface area contributed by atoms with Crippen LogP contribution < -0.4 is 5.32 Å². The van der Waals surface area contributed by atoms with E-state index in [1.165, 1.54) is 24.0 Å². The monoisotopic (exact) mass is 301 g/mol. The van der Waals surface area contributed by atoms with Gasteiger partial charge in [0.25, 0.3) is 0 Å². The van der Waals surface area contributed by atoms with Gasteiger partial charge in [-0.2, -0.15) is 0 Å². The Hall–Kier alpha value is -1.31. The Morgan fingerprint density at radius 2 is 1.76 bits per heavy atom. The zero-order chi connectivity index (χ0) is 14.9. The zero-order valence-electron chi connectivity index (χ0n) is 12.7. The van der Waals surface area contributed by atoms with Crippen molar-refractivity contribution in [2.45, 2.75) is 25.7 Å². The molecule has 1 N–H and O–H groups in total. The van der Waals surface area contributed by atoms with Gasteiger partial charge in [0, 0.05) is 5.02 Å². The third-order valence-corrected chi connectivity index (χ3v) is 4.06. The highest BCUT2D eigenvalue weighted by atomic mass is 35.5. The van der Waals surface area contributed by atoms with Crippen LogP contribution in [0.15, 0.2) is 54.6 Å². The number of halogens is 1. The highest BCUT2D eigenvalue weighted by molar-refractivity contribution is 6.30. The molecule has 0 aliphatic rings. The van der Waals surface area contributed by atoms with E-state index in [9.17, 15) is 0 Å². The maximum Gasteiger partial charge on any atom is 0.0408 e. The molecule has 2 aromatic rings. The van der Waals surface area contributed by atoms with Crippen LogP contribution in [-0.2, 0) is 12.8 Å². The molecule has 0 aromatic heterocycles. The third kappa shape index (κ3) is 5.91. The van der Waals surface area contributed by atoms with Crippen LogP contribution in [0, 0.1) is 5.92 Å². The van der Waals surface area contributed by atoms with Crippen molar-refractivity contribution in [1.82, 2.24) is 5.32 Å². The molecule has 1 nitrogen and oxygen atoms in total. The predicted molar refractivity (Wildman–Crippen MR) is 92.0 cm³/mol. The standard InChI is InChI=1S/C19H24ClN/c1-21-15-18(13-17-10-6-12-19(20)14-17)11-5-9-16-7-3-2-4-8-16/h2-4,6-8,10,12,14,18,21H,5,9,11,13,15H2,1H3. The van der Waals surface area contributed by atoms with Gasteiger partial charge in [-0.3, -0.25) is 0 Å². The molecule has 112 valence electrons. The zero-order valence-corrected chi connectivity index (χ0v) is 13.4.